The molecule has 0 saturated heterocycles. The summed E-state index contributed by atoms with van der Waals surface area (Å²) in [7, 11) is 3.00. The quantitative estimate of drug-likeness (QED) is 0.779. The molecule has 0 aliphatic carbocycles. The van der Waals surface area contributed by atoms with Crippen LogP contribution in [0.5, 0.6) is 5.75 Å². The van der Waals surface area contributed by atoms with Gasteiger partial charge in [0, 0.05) is 24.0 Å². The Morgan fingerprint density at radius 1 is 1.47 bits per heavy atom. The number of methoxy groups -OCH3 is 2. The zero-order chi connectivity index (χ0) is 14.3. The van der Waals surface area contributed by atoms with Gasteiger partial charge in [0.25, 0.3) is 5.91 Å². The number of hydrogen-bond donors (Lipinski definition) is 1. The largest absolute Gasteiger partial charge is 0.494 e. The fourth-order valence-corrected chi connectivity index (χ4v) is 2.01. The van der Waals surface area contributed by atoms with Crippen molar-refractivity contribution in [3.63, 3.8) is 0 Å². The molecule has 0 radical (unpaired) electrons. The number of carbonyl (C=O) groups excluding carboxylic acids is 1. The van der Waals surface area contributed by atoms with Gasteiger partial charge in [-0.25, -0.2) is 4.39 Å². The molecule has 0 fully saturated rings. The van der Waals surface area contributed by atoms with Gasteiger partial charge in [0.1, 0.15) is 0 Å². The molecule has 1 rings (SSSR count). The predicted octanol–water partition coefficient (Wildman–Crippen LogP) is 2.36. The lowest BCUT2D eigenvalue weighted by atomic mass is 10.2. The van der Waals surface area contributed by atoms with Gasteiger partial charge < -0.3 is 14.8 Å². The number of nitrogens with one attached hydrogen (secondary N) is 1. The molecular formula is C13H17BrFNO3. The van der Waals surface area contributed by atoms with Crippen LogP contribution in [0.1, 0.15) is 16.8 Å². The van der Waals surface area contributed by atoms with E-state index in [-0.39, 0.29) is 22.0 Å². The van der Waals surface area contributed by atoms with Crippen molar-refractivity contribution >= 4 is 21.8 Å². The molecule has 0 heterocycles. The maximum absolute atomic E-state index is 13.4. The molecular weight excluding hydrogens is 317 g/mol. The van der Waals surface area contributed by atoms with E-state index < -0.39 is 5.82 Å². The number of alkyl halides is 1. The van der Waals surface area contributed by atoms with Gasteiger partial charge in [-0.15, -0.1) is 0 Å². The first-order valence-corrected chi connectivity index (χ1v) is 6.74. The number of carbonyl (C=O) groups is 1. The monoisotopic (exact) mass is 333 g/mol. The lowest BCUT2D eigenvalue weighted by molar-refractivity contribution is 0.0951. The minimum atomic E-state index is -0.548. The van der Waals surface area contributed by atoms with Crippen molar-refractivity contribution in [1.82, 2.24) is 5.32 Å². The molecule has 1 amide bonds. The van der Waals surface area contributed by atoms with Crippen LogP contribution in [0.3, 0.4) is 0 Å². The Kier molecular flexibility index (Phi) is 6.80. The second kappa shape index (κ2) is 8.12. The number of amides is 1. The van der Waals surface area contributed by atoms with Crippen LogP contribution in [0.25, 0.3) is 0 Å². The summed E-state index contributed by atoms with van der Waals surface area (Å²) < 4.78 is 23.2. The van der Waals surface area contributed by atoms with Crippen LogP contribution in [0.4, 0.5) is 4.39 Å². The molecule has 19 heavy (non-hydrogen) atoms. The summed E-state index contributed by atoms with van der Waals surface area (Å²) in [5.74, 6) is -0.733. The van der Waals surface area contributed by atoms with E-state index in [0.29, 0.717) is 13.2 Å². The first-order chi connectivity index (χ1) is 9.08. The third-order valence-electron chi connectivity index (χ3n) is 2.50. The molecule has 1 unspecified atom stereocenters. The van der Waals surface area contributed by atoms with Crippen molar-refractivity contribution in [2.45, 2.75) is 11.2 Å². The SMILES string of the molecule is COCC(Br)CCNC(=O)c1ccc(OC)c(F)c1. The molecule has 0 spiro atoms. The number of benzene rings is 1. The van der Waals surface area contributed by atoms with Crippen molar-refractivity contribution in [2.24, 2.45) is 0 Å². The van der Waals surface area contributed by atoms with Gasteiger partial charge in [-0.1, -0.05) is 15.9 Å². The first kappa shape index (κ1) is 15.9. The maximum atomic E-state index is 13.4. The summed E-state index contributed by atoms with van der Waals surface area (Å²) in [5, 5.41) is 2.72. The third-order valence-corrected chi connectivity index (χ3v) is 3.23. The number of ether oxygens (including phenoxy) is 2. The van der Waals surface area contributed by atoms with Crippen LogP contribution in [0.15, 0.2) is 18.2 Å². The smallest absolute Gasteiger partial charge is 0.251 e. The molecule has 0 aliphatic heterocycles. The van der Waals surface area contributed by atoms with Crippen molar-refractivity contribution in [3.8, 4) is 5.75 Å². The van der Waals surface area contributed by atoms with Crippen LogP contribution in [-0.4, -0.2) is 38.1 Å². The van der Waals surface area contributed by atoms with E-state index in [1.54, 1.807) is 7.11 Å². The number of rotatable bonds is 7. The van der Waals surface area contributed by atoms with Gasteiger partial charge in [0.15, 0.2) is 11.6 Å². The average Bonchev–Trinajstić information content (AvgIpc) is 2.38. The molecule has 0 aliphatic rings. The molecule has 4 nitrogen and oxygen atoms in total. The van der Waals surface area contributed by atoms with E-state index >= 15 is 0 Å². The van der Waals surface area contributed by atoms with Gasteiger partial charge in [-0.3, -0.25) is 4.79 Å². The molecule has 0 aromatic heterocycles. The normalized spacial score (nSPS) is 12.0. The topological polar surface area (TPSA) is 47.6 Å². The Labute approximate surface area is 120 Å². The summed E-state index contributed by atoms with van der Waals surface area (Å²) in [4.78, 5) is 12.0. The molecule has 6 heteroatoms. The van der Waals surface area contributed by atoms with Crippen molar-refractivity contribution in [1.29, 1.82) is 0 Å². The van der Waals surface area contributed by atoms with Gasteiger partial charge in [-0.05, 0) is 24.6 Å². The van der Waals surface area contributed by atoms with Crippen LogP contribution >= 0.6 is 15.9 Å². The van der Waals surface area contributed by atoms with Crippen LogP contribution in [0, 0.1) is 5.82 Å². The highest BCUT2D eigenvalue weighted by Crippen LogP contribution is 2.17. The van der Waals surface area contributed by atoms with Gasteiger partial charge in [0.2, 0.25) is 0 Å². The Balaban J connectivity index is 2.47. The predicted molar refractivity (Wildman–Crippen MR) is 74.5 cm³/mol. The highest BCUT2D eigenvalue weighted by Gasteiger charge is 2.10. The fraction of sp³-hybridized carbons (Fsp3) is 0.462. The standard InChI is InChI=1S/C13H17BrFNO3/c1-18-8-10(14)5-6-16-13(17)9-3-4-12(19-2)11(15)7-9/h3-4,7,10H,5-6,8H2,1-2H3,(H,16,17). The zero-order valence-corrected chi connectivity index (χ0v) is 12.5. The van der Waals surface area contributed by atoms with Gasteiger partial charge in [0.05, 0.1) is 13.7 Å². The second-order valence-electron chi connectivity index (χ2n) is 3.95. The van der Waals surface area contributed by atoms with Crippen molar-refractivity contribution in [3.05, 3.63) is 29.6 Å². The van der Waals surface area contributed by atoms with E-state index in [1.807, 2.05) is 0 Å². The van der Waals surface area contributed by atoms with Gasteiger partial charge >= 0.3 is 0 Å². The van der Waals surface area contributed by atoms with Crippen LogP contribution in [0.2, 0.25) is 0 Å². The molecule has 1 atom stereocenters. The lowest BCUT2D eigenvalue weighted by Gasteiger charge is -2.10. The van der Waals surface area contributed by atoms with Crippen molar-refractivity contribution < 1.29 is 18.7 Å². The minimum Gasteiger partial charge on any atom is -0.494 e. The van der Waals surface area contributed by atoms with Gasteiger partial charge in [-0.2, -0.15) is 0 Å². The highest BCUT2D eigenvalue weighted by atomic mass is 79.9. The molecule has 1 aromatic rings. The van der Waals surface area contributed by atoms with E-state index in [1.165, 1.54) is 19.2 Å². The molecule has 106 valence electrons. The summed E-state index contributed by atoms with van der Waals surface area (Å²) >= 11 is 3.42. The summed E-state index contributed by atoms with van der Waals surface area (Å²) in [6, 6.07) is 4.12. The summed E-state index contributed by atoms with van der Waals surface area (Å²) in [6.07, 6.45) is 0.734. The summed E-state index contributed by atoms with van der Waals surface area (Å²) in [5.41, 5.74) is 0.274. The third kappa shape index (κ3) is 5.16. The molecule has 1 N–H and O–H groups in total. The minimum absolute atomic E-state index is 0.122. The maximum Gasteiger partial charge on any atom is 0.251 e. The average molecular weight is 334 g/mol. The zero-order valence-electron chi connectivity index (χ0n) is 10.9. The Morgan fingerprint density at radius 2 is 2.21 bits per heavy atom. The summed E-state index contributed by atoms with van der Waals surface area (Å²) in [6.45, 7) is 1.07. The highest BCUT2D eigenvalue weighted by molar-refractivity contribution is 9.09. The first-order valence-electron chi connectivity index (χ1n) is 5.83. The van der Waals surface area contributed by atoms with E-state index in [4.69, 9.17) is 9.47 Å². The Bertz CT molecular complexity index is 428. The number of hydrogen-bond acceptors (Lipinski definition) is 3. The Hall–Kier alpha value is -1.14. The molecule has 0 bridgehead atoms. The van der Waals surface area contributed by atoms with Crippen LogP contribution in [-0.2, 0) is 4.74 Å². The van der Waals surface area contributed by atoms with Crippen LogP contribution < -0.4 is 10.1 Å². The molecule has 0 saturated carbocycles. The molecule has 1 aromatic carbocycles. The lowest BCUT2D eigenvalue weighted by Crippen LogP contribution is -2.27. The Morgan fingerprint density at radius 3 is 2.79 bits per heavy atom. The van der Waals surface area contributed by atoms with E-state index in [2.05, 4.69) is 21.2 Å². The number of halogens is 2. The van der Waals surface area contributed by atoms with Crippen molar-refractivity contribution in [2.75, 3.05) is 27.4 Å². The fourth-order valence-electron chi connectivity index (χ4n) is 1.52. The van der Waals surface area contributed by atoms with E-state index in [9.17, 15) is 9.18 Å². The second-order valence-corrected chi connectivity index (χ2v) is 5.24. The van der Waals surface area contributed by atoms with E-state index in [0.717, 1.165) is 12.5 Å².